The Morgan fingerprint density at radius 1 is 1.07 bits per heavy atom. The average Bonchev–Trinajstić information content (AvgIpc) is 2.90. The van der Waals surface area contributed by atoms with Crippen LogP contribution in [-0.4, -0.2) is 65.9 Å². The molecule has 0 unspecified atom stereocenters. The highest BCUT2D eigenvalue weighted by atomic mass is 35.5. The van der Waals surface area contributed by atoms with Crippen molar-refractivity contribution in [3.05, 3.63) is 64.2 Å². The first kappa shape index (κ1) is 35.0. The second kappa shape index (κ2) is 15.3. The van der Waals surface area contributed by atoms with Crippen LogP contribution in [0.5, 0.6) is 5.75 Å². The first-order valence-electron chi connectivity index (χ1n) is 13.1. The number of piperidine rings is 1. The molecule has 0 saturated carbocycles. The molecule has 2 aromatic carbocycles. The van der Waals surface area contributed by atoms with E-state index in [1.165, 1.54) is 6.07 Å². The summed E-state index contributed by atoms with van der Waals surface area (Å²) in [5, 5.41) is 10.1. The molecule has 0 bridgehead atoms. The molecule has 0 radical (unpaired) electrons. The molecule has 0 aliphatic carbocycles. The molecular formula is C28H34ClF6N3O4. The van der Waals surface area contributed by atoms with Crippen LogP contribution < -0.4 is 10.1 Å². The SMILES string of the molecule is CC(C)COc1ccc(CNC(=O)N(Cc2ccc(C(F)(F)F)cc2Cl)C2CCN(C)CC2)cc1.O=C(O)C(F)(F)F. The number of benzene rings is 2. The van der Waals surface area contributed by atoms with Gasteiger partial charge in [0.05, 0.1) is 12.2 Å². The fraction of sp³-hybridized carbons (Fsp3) is 0.500. The van der Waals surface area contributed by atoms with Crippen molar-refractivity contribution < 1.29 is 45.8 Å². The fourth-order valence-corrected chi connectivity index (χ4v) is 4.19. The maximum absolute atomic E-state index is 13.2. The van der Waals surface area contributed by atoms with Gasteiger partial charge in [0.15, 0.2) is 0 Å². The van der Waals surface area contributed by atoms with Crippen LogP contribution in [0.4, 0.5) is 31.1 Å². The summed E-state index contributed by atoms with van der Waals surface area (Å²) in [6.07, 6.45) is -7.99. The highest BCUT2D eigenvalue weighted by Crippen LogP contribution is 2.33. The Hall–Kier alpha value is -3.19. The van der Waals surface area contributed by atoms with Gasteiger partial charge in [0.25, 0.3) is 0 Å². The molecule has 2 amide bonds. The molecule has 1 aliphatic rings. The van der Waals surface area contributed by atoms with Gasteiger partial charge in [0.2, 0.25) is 0 Å². The number of nitrogens with one attached hydrogen (secondary N) is 1. The van der Waals surface area contributed by atoms with Gasteiger partial charge in [-0.3, -0.25) is 0 Å². The zero-order chi connectivity index (χ0) is 31.7. The van der Waals surface area contributed by atoms with Crippen molar-refractivity contribution >= 4 is 23.6 Å². The summed E-state index contributed by atoms with van der Waals surface area (Å²) in [6, 6.07) is 10.6. The van der Waals surface area contributed by atoms with E-state index < -0.39 is 23.9 Å². The molecule has 2 N–H and O–H groups in total. The van der Waals surface area contributed by atoms with E-state index in [0.29, 0.717) is 24.6 Å². The Morgan fingerprint density at radius 3 is 2.12 bits per heavy atom. The van der Waals surface area contributed by atoms with Gasteiger partial charge in [0, 0.05) is 24.2 Å². The minimum absolute atomic E-state index is 0.00235. The van der Waals surface area contributed by atoms with Gasteiger partial charge in [-0.15, -0.1) is 0 Å². The number of ether oxygens (including phenoxy) is 1. The van der Waals surface area contributed by atoms with Crippen LogP contribution in [-0.2, 0) is 24.1 Å². The molecule has 0 spiro atoms. The zero-order valence-corrected chi connectivity index (χ0v) is 24.1. The molecule has 234 valence electrons. The van der Waals surface area contributed by atoms with E-state index in [1.807, 2.05) is 31.3 Å². The maximum Gasteiger partial charge on any atom is 0.490 e. The number of rotatable bonds is 8. The lowest BCUT2D eigenvalue weighted by Gasteiger charge is -2.37. The van der Waals surface area contributed by atoms with Gasteiger partial charge in [-0.25, -0.2) is 9.59 Å². The van der Waals surface area contributed by atoms with Crippen LogP contribution in [0.25, 0.3) is 0 Å². The van der Waals surface area contributed by atoms with Crippen LogP contribution in [0, 0.1) is 5.92 Å². The normalized spacial score (nSPS) is 14.6. The minimum atomic E-state index is -5.08. The number of aliphatic carboxylic acids is 1. The van der Waals surface area contributed by atoms with Gasteiger partial charge >= 0.3 is 24.4 Å². The molecule has 2 aromatic rings. The Kier molecular flexibility index (Phi) is 12.8. The summed E-state index contributed by atoms with van der Waals surface area (Å²) in [7, 11) is 2.03. The van der Waals surface area contributed by atoms with Crippen LogP contribution >= 0.6 is 11.6 Å². The molecule has 1 fully saturated rings. The number of carbonyl (C=O) groups excluding carboxylic acids is 1. The lowest BCUT2D eigenvalue weighted by molar-refractivity contribution is -0.192. The van der Waals surface area contributed by atoms with E-state index in [0.717, 1.165) is 49.4 Å². The van der Waals surface area contributed by atoms with Crippen LogP contribution in [0.15, 0.2) is 42.5 Å². The molecule has 1 heterocycles. The van der Waals surface area contributed by atoms with E-state index in [2.05, 4.69) is 24.1 Å². The van der Waals surface area contributed by atoms with Gasteiger partial charge in [-0.1, -0.05) is 43.6 Å². The molecule has 7 nitrogen and oxygen atoms in total. The predicted molar refractivity (Wildman–Crippen MR) is 145 cm³/mol. The molecule has 0 aromatic heterocycles. The second-order valence-corrected chi connectivity index (χ2v) is 10.7. The number of carbonyl (C=O) groups is 2. The van der Waals surface area contributed by atoms with E-state index >= 15 is 0 Å². The number of carboxylic acid groups (broad SMARTS) is 1. The minimum Gasteiger partial charge on any atom is -0.493 e. The van der Waals surface area contributed by atoms with Gasteiger partial charge < -0.3 is 25.0 Å². The number of urea groups is 1. The maximum atomic E-state index is 13.2. The third-order valence-corrected chi connectivity index (χ3v) is 6.66. The van der Waals surface area contributed by atoms with Crippen LogP contribution in [0.2, 0.25) is 5.02 Å². The standard InChI is InChI=1S/C26H33ClF3N3O2.C2HF3O2/c1-18(2)17-35-23-8-4-19(5-9-23)15-31-25(34)33(22-10-12-32(3)13-11-22)16-20-6-7-21(14-24(20)27)26(28,29)30;3-2(4,5)1(6)7/h4-9,14,18,22H,10-13,15-17H2,1-3H3,(H,31,34);(H,6,7). The number of halogens is 7. The number of likely N-dealkylation sites (tertiary alicyclic amines) is 1. The summed E-state index contributed by atoms with van der Waals surface area (Å²) in [4.78, 5) is 26.0. The molecule has 3 rings (SSSR count). The number of nitrogens with zero attached hydrogens (tertiary/aromatic N) is 2. The predicted octanol–water partition coefficient (Wildman–Crippen LogP) is 6.83. The number of carboxylic acids is 1. The van der Waals surface area contributed by atoms with Crippen LogP contribution in [0.1, 0.15) is 43.4 Å². The summed E-state index contributed by atoms with van der Waals surface area (Å²) in [6.45, 7) is 6.94. The van der Waals surface area contributed by atoms with Crippen molar-refractivity contribution in [3.8, 4) is 5.75 Å². The van der Waals surface area contributed by atoms with Crippen LogP contribution in [0.3, 0.4) is 0 Å². The van der Waals surface area contributed by atoms with Gasteiger partial charge in [-0.05, 0) is 74.3 Å². The zero-order valence-electron chi connectivity index (χ0n) is 23.4. The van der Waals surface area contributed by atoms with Crippen molar-refractivity contribution in [2.24, 2.45) is 5.92 Å². The molecule has 1 aliphatic heterocycles. The Labute approximate surface area is 245 Å². The Morgan fingerprint density at radius 2 is 1.64 bits per heavy atom. The molecular weight excluding hydrogens is 592 g/mol. The third-order valence-electron chi connectivity index (χ3n) is 6.30. The molecule has 1 saturated heterocycles. The summed E-state index contributed by atoms with van der Waals surface area (Å²) >= 11 is 6.20. The van der Waals surface area contributed by atoms with E-state index in [1.54, 1.807) is 4.90 Å². The van der Waals surface area contributed by atoms with E-state index in [9.17, 15) is 31.1 Å². The molecule has 0 atom stereocenters. The number of amides is 2. The lowest BCUT2D eigenvalue weighted by atomic mass is 10.0. The van der Waals surface area contributed by atoms with Crippen molar-refractivity contribution in [2.75, 3.05) is 26.7 Å². The monoisotopic (exact) mass is 625 g/mol. The third kappa shape index (κ3) is 11.6. The largest absolute Gasteiger partial charge is 0.493 e. The first-order chi connectivity index (χ1) is 19.5. The summed E-state index contributed by atoms with van der Waals surface area (Å²) < 4.78 is 76.5. The average molecular weight is 626 g/mol. The topological polar surface area (TPSA) is 82.1 Å². The summed E-state index contributed by atoms with van der Waals surface area (Å²) in [5.74, 6) is -1.55. The number of hydrogen-bond acceptors (Lipinski definition) is 4. The number of hydrogen-bond donors (Lipinski definition) is 2. The summed E-state index contributed by atoms with van der Waals surface area (Å²) in [5.41, 5.74) is 0.605. The second-order valence-electron chi connectivity index (χ2n) is 10.3. The molecule has 14 heteroatoms. The Balaban J connectivity index is 0.000000782. The lowest BCUT2D eigenvalue weighted by Crippen LogP contribution is -2.49. The Bertz CT molecular complexity index is 1170. The van der Waals surface area contributed by atoms with Gasteiger partial charge in [-0.2, -0.15) is 26.3 Å². The molecule has 42 heavy (non-hydrogen) atoms. The fourth-order valence-electron chi connectivity index (χ4n) is 3.95. The van der Waals surface area contributed by atoms with E-state index in [-0.39, 0.29) is 23.6 Å². The van der Waals surface area contributed by atoms with Crippen molar-refractivity contribution in [2.45, 2.75) is 58.2 Å². The van der Waals surface area contributed by atoms with Crippen molar-refractivity contribution in [1.82, 2.24) is 15.1 Å². The smallest absolute Gasteiger partial charge is 0.490 e. The van der Waals surface area contributed by atoms with Crippen molar-refractivity contribution in [3.63, 3.8) is 0 Å². The highest BCUT2D eigenvalue weighted by Gasteiger charge is 2.38. The van der Waals surface area contributed by atoms with Crippen molar-refractivity contribution in [1.29, 1.82) is 0 Å². The first-order valence-corrected chi connectivity index (χ1v) is 13.5. The quantitative estimate of drug-likeness (QED) is 0.314. The highest BCUT2D eigenvalue weighted by molar-refractivity contribution is 6.31. The van der Waals surface area contributed by atoms with Gasteiger partial charge in [0.1, 0.15) is 5.75 Å². The number of alkyl halides is 6. The van der Waals surface area contributed by atoms with E-state index in [4.69, 9.17) is 26.2 Å².